The van der Waals surface area contributed by atoms with Gasteiger partial charge in [0.1, 0.15) is 13.2 Å². The van der Waals surface area contributed by atoms with E-state index in [0.29, 0.717) is 51.4 Å². The van der Waals surface area contributed by atoms with Gasteiger partial charge in [-0.25, -0.2) is 0 Å². The van der Waals surface area contributed by atoms with Crippen molar-refractivity contribution in [1.82, 2.24) is 4.90 Å². The minimum Gasteiger partial charge on any atom is -0.490 e. The van der Waals surface area contributed by atoms with E-state index in [1.807, 2.05) is 37.3 Å². The lowest BCUT2D eigenvalue weighted by Crippen LogP contribution is -2.33. The highest BCUT2D eigenvalue weighted by atomic mass is 79.9. The van der Waals surface area contributed by atoms with E-state index in [4.69, 9.17) is 14.6 Å². The van der Waals surface area contributed by atoms with Crippen LogP contribution in [0.15, 0.2) is 64.0 Å². The van der Waals surface area contributed by atoms with Gasteiger partial charge in [-0.1, -0.05) is 36.4 Å². The van der Waals surface area contributed by atoms with Crippen LogP contribution in [0.25, 0.3) is 16.8 Å². The Morgan fingerprint density at radius 3 is 2.59 bits per heavy atom. The Bertz CT molecular complexity index is 1320. The number of nitrogens with zero attached hydrogens (tertiary/aromatic N) is 1. The molecule has 34 heavy (non-hydrogen) atoms. The predicted molar refractivity (Wildman–Crippen MR) is 134 cm³/mol. The molecule has 0 atom stereocenters. The summed E-state index contributed by atoms with van der Waals surface area (Å²) in [6.45, 7) is 1.91. The van der Waals surface area contributed by atoms with Crippen molar-refractivity contribution in [3.63, 3.8) is 0 Å². The van der Waals surface area contributed by atoms with Crippen LogP contribution in [0.2, 0.25) is 0 Å². The number of thioether (sulfide) groups is 1. The number of amides is 2. The number of imide groups is 1. The Morgan fingerprint density at radius 2 is 1.85 bits per heavy atom. The minimum absolute atomic E-state index is 0.144. The van der Waals surface area contributed by atoms with Crippen LogP contribution in [-0.2, 0) is 16.2 Å². The monoisotopic (exact) mass is 541 g/mol. The summed E-state index contributed by atoms with van der Waals surface area (Å²) in [4.78, 5) is 36.3. The van der Waals surface area contributed by atoms with Crippen molar-refractivity contribution in [1.29, 1.82) is 0 Å². The number of carboxylic acids is 1. The van der Waals surface area contributed by atoms with Crippen LogP contribution in [0.4, 0.5) is 4.79 Å². The van der Waals surface area contributed by atoms with Gasteiger partial charge < -0.3 is 14.6 Å². The molecule has 1 aliphatic heterocycles. The van der Waals surface area contributed by atoms with Crippen LogP contribution in [0.3, 0.4) is 0 Å². The van der Waals surface area contributed by atoms with Crippen molar-refractivity contribution in [3.8, 4) is 11.5 Å². The van der Waals surface area contributed by atoms with Crippen LogP contribution in [0.1, 0.15) is 18.1 Å². The second-order valence-corrected chi connectivity index (χ2v) is 9.24. The van der Waals surface area contributed by atoms with Gasteiger partial charge in [0, 0.05) is 0 Å². The number of ether oxygens (including phenoxy) is 2. The van der Waals surface area contributed by atoms with Gasteiger partial charge in [0.25, 0.3) is 11.1 Å². The fourth-order valence-electron chi connectivity index (χ4n) is 3.48. The number of carbonyl (C=O) groups excluding carboxylic acids is 2. The summed E-state index contributed by atoms with van der Waals surface area (Å²) < 4.78 is 12.5. The standard InChI is InChI=1S/C25H20BrNO6S/c1-2-32-20-11-16(12-21-24(30)27(13-22(28)29)25(31)34-21)10-19(26)23(20)33-14-15-7-8-17-5-3-4-6-18(17)9-15/h3-12H,2,13-14H2,1H3,(H,28,29)/b21-12+. The van der Waals surface area contributed by atoms with E-state index in [1.54, 1.807) is 12.1 Å². The lowest BCUT2D eigenvalue weighted by Gasteiger charge is -2.15. The minimum atomic E-state index is -1.25. The largest absolute Gasteiger partial charge is 0.490 e. The second kappa shape index (κ2) is 10.3. The molecule has 3 aromatic carbocycles. The number of hydrogen-bond donors (Lipinski definition) is 1. The molecule has 1 aliphatic rings. The van der Waals surface area contributed by atoms with Crippen LogP contribution in [-0.4, -0.2) is 40.3 Å². The summed E-state index contributed by atoms with van der Waals surface area (Å²) in [6, 6.07) is 17.7. The van der Waals surface area contributed by atoms with Gasteiger partial charge in [-0.15, -0.1) is 0 Å². The van der Waals surface area contributed by atoms with E-state index in [9.17, 15) is 14.4 Å². The molecule has 9 heteroatoms. The molecule has 2 amide bonds. The first-order chi connectivity index (χ1) is 16.4. The molecule has 0 unspecified atom stereocenters. The topological polar surface area (TPSA) is 93.1 Å². The number of halogens is 1. The van der Waals surface area contributed by atoms with Crippen molar-refractivity contribution < 1.29 is 29.0 Å². The lowest BCUT2D eigenvalue weighted by molar-refractivity contribution is -0.140. The smallest absolute Gasteiger partial charge is 0.323 e. The first kappa shape index (κ1) is 23.8. The fraction of sp³-hybridized carbons (Fsp3) is 0.160. The van der Waals surface area contributed by atoms with E-state index in [-0.39, 0.29) is 4.91 Å². The molecule has 4 rings (SSSR count). The quantitative estimate of drug-likeness (QED) is 0.365. The summed E-state index contributed by atoms with van der Waals surface area (Å²) in [5.74, 6) is -0.888. The van der Waals surface area contributed by atoms with Crippen molar-refractivity contribution in [2.75, 3.05) is 13.2 Å². The maximum absolute atomic E-state index is 12.5. The normalized spacial score (nSPS) is 14.8. The van der Waals surface area contributed by atoms with Gasteiger partial charge >= 0.3 is 5.97 Å². The van der Waals surface area contributed by atoms with Crippen molar-refractivity contribution in [2.24, 2.45) is 0 Å². The average molecular weight is 542 g/mol. The maximum Gasteiger partial charge on any atom is 0.323 e. The Morgan fingerprint density at radius 1 is 1.09 bits per heavy atom. The van der Waals surface area contributed by atoms with E-state index in [2.05, 4.69) is 28.1 Å². The number of benzene rings is 3. The predicted octanol–water partition coefficient (Wildman–Crippen LogP) is 5.70. The number of carbonyl (C=O) groups is 3. The van der Waals surface area contributed by atoms with Crippen LogP contribution < -0.4 is 9.47 Å². The van der Waals surface area contributed by atoms with Crippen molar-refractivity contribution >= 4 is 61.7 Å². The molecule has 1 fully saturated rings. The van der Waals surface area contributed by atoms with Gasteiger partial charge in [-0.3, -0.25) is 19.3 Å². The van der Waals surface area contributed by atoms with Gasteiger partial charge in [0.2, 0.25) is 0 Å². The van der Waals surface area contributed by atoms with Crippen molar-refractivity contribution in [2.45, 2.75) is 13.5 Å². The van der Waals surface area contributed by atoms with Crippen LogP contribution in [0.5, 0.6) is 11.5 Å². The van der Waals surface area contributed by atoms with E-state index in [1.165, 1.54) is 6.08 Å². The summed E-state index contributed by atoms with van der Waals surface area (Å²) in [5.41, 5.74) is 1.61. The highest BCUT2D eigenvalue weighted by Crippen LogP contribution is 2.39. The number of rotatable bonds is 8. The SMILES string of the molecule is CCOc1cc(/C=C2/SC(=O)N(CC(=O)O)C2=O)cc(Br)c1OCc1ccc2ccccc2c1. The summed E-state index contributed by atoms with van der Waals surface area (Å²) in [6.07, 6.45) is 1.53. The van der Waals surface area contributed by atoms with E-state index < -0.39 is 23.7 Å². The number of hydrogen-bond acceptors (Lipinski definition) is 6. The van der Waals surface area contributed by atoms with Gasteiger partial charge in [0.15, 0.2) is 11.5 Å². The first-order valence-electron chi connectivity index (χ1n) is 10.4. The van der Waals surface area contributed by atoms with E-state index in [0.717, 1.165) is 16.3 Å². The maximum atomic E-state index is 12.5. The zero-order valence-electron chi connectivity index (χ0n) is 18.1. The molecule has 0 spiro atoms. The average Bonchev–Trinajstić information content (AvgIpc) is 3.05. The Labute approximate surface area is 208 Å². The molecule has 7 nitrogen and oxygen atoms in total. The lowest BCUT2D eigenvalue weighted by atomic mass is 10.1. The third-order valence-corrected chi connectivity index (χ3v) is 6.49. The Kier molecular flexibility index (Phi) is 7.23. The summed E-state index contributed by atoms with van der Waals surface area (Å²) in [7, 11) is 0. The molecule has 0 saturated carbocycles. The molecule has 0 aliphatic carbocycles. The molecule has 0 bridgehead atoms. The van der Waals surface area contributed by atoms with Gasteiger partial charge in [0.05, 0.1) is 16.0 Å². The molecule has 1 N–H and O–H groups in total. The second-order valence-electron chi connectivity index (χ2n) is 7.39. The van der Waals surface area contributed by atoms with Crippen LogP contribution >= 0.6 is 27.7 Å². The Balaban J connectivity index is 1.57. The third kappa shape index (κ3) is 5.26. The van der Waals surface area contributed by atoms with Gasteiger partial charge in [-0.2, -0.15) is 0 Å². The third-order valence-electron chi connectivity index (χ3n) is 4.99. The number of carboxylic acid groups (broad SMARTS) is 1. The molecule has 174 valence electrons. The molecule has 1 heterocycles. The molecule has 0 radical (unpaired) electrons. The first-order valence-corrected chi connectivity index (χ1v) is 12.0. The fourth-order valence-corrected chi connectivity index (χ4v) is 4.89. The zero-order valence-corrected chi connectivity index (χ0v) is 20.5. The van der Waals surface area contributed by atoms with Gasteiger partial charge in [-0.05, 0) is 80.8 Å². The molecule has 3 aromatic rings. The number of fused-ring (bicyclic) bond motifs is 1. The highest BCUT2D eigenvalue weighted by Gasteiger charge is 2.36. The highest BCUT2D eigenvalue weighted by molar-refractivity contribution is 9.10. The summed E-state index contributed by atoms with van der Waals surface area (Å²) in [5, 5.41) is 10.6. The molecule has 0 aromatic heterocycles. The van der Waals surface area contributed by atoms with Crippen LogP contribution in [0, 0.1) is 0 Å². The molecular formula is C25H20BrNO6S. The molecular weight excluding hydrogens is 522 g/mol. The zero-order chi connectivity index (χ0) is 24.2. The number of aliphatic carboxylic acids is 1. The Hall–Kier alpha value is -3.30. The molecule has 1 saturated heterocycles. The van der Waals surface area contributed by atoms with E-state index >= 15 is 0 Å². The summed E-state index contributed by atoms with van der Waals surface area (Å²) >= 11 is 4.23. The van der Waals surface area contributed by atoms with Crippen molar-refractivity contribution in [3.05, 3.63) is 75.1 Å².